The molecule has 14 heavy (non-hydrogen) atoms. The molecule has 0 saturated carbocycles. The van der Waals surface area contributed by atoms with Gasteiger partial charge >= 0.3 is 0 Å². The smallest absolute Gasteiger partial charge is 0.250 e. The van der Waals surface area contributed by atoms with Gasteiger partial charge in [-0.2, -0.15) is 0 Å². The SMILES string of the molecule is C[Si](C)(C)c1cccc(Cl)c1C(N)=O. The maximum absolute atomic E-state index is 11.2. The third-order valence-electron chi connectivity index (χ3n) is 2.07. The maximum Gasteiger partial charge on any atom is 0.250 e. The summed E-state index contributed by atoms with van der Waals surface area (Å²) in [6.07, 6.45) is 0. The van der Waals surface area contributed by atoms with Crippen LogP contribution >= 0.6 is 11.6 Å². The lowest BCUT2D eigenvalue weighted by atomic mass is 10.2. The Morgan fingerprint density at radius 3 is 2.29 bits per heavy atom. The molecule has 0 bridgehead atoms. The molecule has 1 aromatic rings. The van der Waals surface area contributed by atoms with E-state index < -0.39 is 14.0 Å². The molecule has 0 spiro atoms. The molecule has 2 nitrogen and oxygen atoms in total. The van der Waals surface area contributed by atoms with Crippen LogP contribution in [0.15, 0.2) is 18.2 Å². The van der Waals surface area contributed by atoms with Crippen molar-refractivity contribution in [1.82, 2.24) is 0 Å². The Bertz CT molecular complexity index is 371. The minimum absolute atomic E-state index is 0.437. The Kier molecular flexibility index (Phi) is 3.02. The van der Waals surface area contributed by atoms with E-state index >= 15 is 0 Å². The normalized spacial score (nSPS) is 11.4. The lowest BCUT2D eigenvalue weighted by Gasteiger charge is -2.20. The second kappa shape index (κ2) is 3.75. The second-order valence-corrected chi connectivity index (χ2v) is 9.72. The summed E-state index contributed by atoms with van der Waals surface area (Å²) < 4.78 is 0. The molecule has 1 rings (SSSR count). The lowest BCUT2D eigenvalue weighted by Crippen LogP contribution is -2.42. The average Bonchev–Trinajstić information content (AvgIpc) is 2.01. The number of carbonyl (C=O) groups excluding carboxylic acids is 1. The van der Waals surface area contributed by atoms with Gasteiger partial charge in [-0.1, -0.05) is 43.4 Å². The second-order valence-electron chi connectivity index (χ2n) is 4.28. The molecule has 1 amide bonds. The third-order valence-corrected chi connectivity index (χ3v) is 4.42. The van der Waals surface area contributed by atoms with E-state index in [-0.39, 0.29) is 0 Å². The van der Waals surface area contributed by atoms with Crippen LogP contribution in [0.3, 0.4) is 0 Å². The van der Waals surface area contributed by atoms with Gasteiger partial charge in [0, 0.05) is 0 Å². The van der Waals surface area contributed by atoms with Crippen molar-refractivity contribution >= 4 is 30.8 Å². The molecule has 0 radical (unpaired) electrons. The summed E-state index contributed by atoms with van der Waals surface area (Å²) in [7, 11) is -1.56. The zero-order chi connectivity index (χ0) is 10.9. The van der Waals surface area contributed by atoms with E-state index in [1.54, 1.807) is 6.07 Å². The standard InChI is InChI=1S/C10H14ClNOSi/c1-14(2,3)8-6-4-5-7(11)9(8)10(12)13/h4-6H,1-3H3,(H2,12,13). The summed E-state index contributed by atoms with van der Waals surface area (Å²) in [5.41, 5.74) is 5.80. The zero-order valence-electron chi connectivity index (χ0n) is 8.60. The number of amides is 1. The molecule has 76 valence electrons. The predicted molar refractivity (Wildman–Crippen MR) is 62.9 cm³/mol. The Morgan fingerprint density at radius 1 is 1.36 bits per heavy atom. The Balaban J connectivity index is 3.44. The molecule has 0 aliphatic heterocycles. The van der Waals surface area contributed by atoms with Crippen LogP contribution in [0.5, 0.6) is 0 Å². The highest BCUT2D eigenvalue weighted by Gasteiger charge is 2.23. The first kappa shape index (κ1) is 11.3. The Hall–Kier alpha value is -0.803. The van der Waals surface area contributed by atoms with E-state index in [9.17, 15) is 4.79 Å². The molecule has 0 saturated heterocycles. The van der Waals surface area contributed by atoms with Gasteiger partial charge < -0.3 is 5.73 Å². The van der Waals surface area contributed by atoms with Crippen molar-refractivity contribution in [3.63, 3.8) is 0 Å². The molecule has 0 heterocycles. The molecule has 2 N–H and O–H groups in total. The molecular weight excluding hydrogens is 214 g/mol. The van der Waals surface area contributed by atoms with Crippen molar-refractivity contribution in [3.8, 4) is 0 Å². The van der Waals surface area contributed by atoms with E-state index in [0.29, 0.717) is 10.6 Å². The Labute approximate surface area is 90.1 Å². The first-order valence-electron chi connectivity index (χ1n) is 4.43. The molecule has 4 heteroatoms. The van der Waals surface area contributed by atoms with Gasteiger partial charge in [0.05, 0.1) is 18.7 Å². The monoisotopic (exact) mass is 227 g/mol. The van der Waals surface area contributed by atoms with Gasteiger partial charge in [0.25, 0.3) is 0 Å². The summed E-state index contributed by atoms with van der Waals surface area (Å²) in [5, 5.41) is 1.48. The van der Waals surface area contributed by atoms with Crippen molar-refractivity contribution in [2.24, 2.45) is 5.73 Å². The van der Waals surface area contributed by atoms with Gasteiger partial charge in [-0.05, 0) is 11.3 Å². The Morgan fingerprint density at radius 2 is 1.93 bits per heavy atom. The number of rotatable bonds is 2. The lowest BCUT2D eigenvalue weighted by molar-refractivity contribution is 0.100. The summed E-state index contributed by atoms with van der Waals surface area (Å²) in [6, 6.07) is 5.51. The molecule has 0 aromatic heterocycles. The highest BCUT2D eigenvalue weighted by Crippen LogP contribution is 2.16. The number of benzene rings is 1. The third kappa shape index (κ3) is 2.16. The highest BCUT2D eigenvalue weighted by atomic mass is 35.5. The summed E-state index contributed by atoms with van der Waals surface area (Å²) >= 11 is 5.95. The quantitative estimate of drug-likeness (QED) is 0.772. The van der Waals surface area contributed by atoms with Gasteiger partial charge in [-0.15, -0.1) is 0 Å². The van der Waals surface area contributed by atoms with Crippen molar-refractivity contribution in [2.75, 3.05) is 0 Å². The van der Waals surface area contributed by atoms with Crippen LogP contribution in [0, 0.1) is 0 Å². The number of hydrogen-bond donors (Lipinski definition) is 1. The maximum atomic E-state index is 11.2. The van der Waals surface area contributed by atoms with Crippen molar-refractivity contribution in [1.29, 1.82) is 0 Å². The van der Waals surface area contributed by atoms with Gasteiger partial charge in [0.1, 0.15) is 0 Å². The molecule has 0 atom stereocenters. The molecule has 1 aromatic carbocycles. The number of hydrogen-bond acceptors (Lipinski definition) is 1. The molecule has 0 aliphatic carbocycles. The van der Waals surface area contributed by atoms with Gasteiger partial charge in [-0.25, -0.2) is 0 Å². The topological polar surface area (TPSA) is 43.1 Å². The van der Waals surface area contributed by atoms with E-state index in [1.165, 1.54) is 0 Å². The average molecular weight is 228 g/mol. The molecule has 0 aliphatic rings. The molecule has 0 unspecified atom stereocenters. The van der Waals surface area contributed by atoms with Crippen LogP contribution in [-0.4, -0.2) is 14.0 Å². The fraction of sp³-hybridized carbons (Fsp3) is 0.300. The van der Waals surface area contributed by atoms with Crippen molar-refractivity contribution in [2.45, 2.75) is 19.6 Å². The van der Waals surface area contributed by atoms with Crippen LogP contribution in [-0.2, 0) is 0 Å². The van der Waals surface area contributed by atoms with Crippen LogP contribution in [0.4, 0.5) is 0 Å². The van der Waals surface area contributed by atoms with E-state index in [2.05, 4.69) is 19.6 Å². The largest absolute Gasteiger partial charge is 0.366 e. The number of halogens is 1. The molecule has 0 fully saturated rings. The highest BCUT2D eigenvalue weighted by molar-refractivity contribution is 6.89. The minimum Gasteiger partial charge on any atom is -0.366 e. The van der Waals surface area contributed by atoms with E-state index in [0.717, 1.165) is 5.19 Å². The van der Waals surface area contributed by atoms with Crippen molar-refractivity contribution < 1.29 is 4.79 Å². The van der Waals surface area contributed by atoms with E-state index in [4.69, 9.17) is 17.3 Å². The first-order valence-corrected chi connectivity index (χ1v) is 8.30. The first-order chi connectivity index (χ1) is 6.34. The molecular formula is C10H14ClNOSi. The van der Waals surface area contributed by atoms with E-state index in [1.807, 2.05) is 12.1 Å². The number of primary amides is 1. The van der Waals surface area contributed by atoms with Crippen LogP contribution in [0.25, 0.3) is 0 Å². The van der Waals surface area contributed by atoms with Gasteiger partial charge in [0.15, 0.2) is 0 Å². The predicted octanol–water partition coefficient (Wildman–Crippen LogP) is 1.98. The summed E-state index contributed by atoms with van der Waals surface area (Å²) in [5.74, 6) is -0.437. The fourth-order valence-electron chi connectivity index (χ4n) is 1.40. The van der Waals surface area contributed by atoms with Gasteiger partial charge in [-0.3, -0.25) is 4.79 Å². The minimum atomic E-state index is -1.56. The van der Waals surface area contributed by atoms with Gasteiger partial charge in [0.2, 0.25) is 5.91 Å². The number of carbonyl (C=O) groups is 1. The fourth-order valence-corrected chi connectivity index (χ4v) is 3.35. The van der Waals surface area contributed by atoms with Crippen LogP contribution in [0.2, 0.25) is 24.7 Å². The summed E-state index contributed by atoms with van der Waals surface area (Å²) in [4.78, 5) is 11.2. The van der Waals surface area contributed by atoms with Crippen molar-refractivity contribution in [3.05, 3.63) is 28.8 Å². The number of nitrogens with two attached hydrogens (primary N) is 1. The summed E-state index contributed by atoms with van der Waals surface area (Å²) in [6.45, 7) is 6.47. The van der Waals surface area contributed by atoms with Crippen LogP contribution < -0.4 is 10.9 Å². The zero-order valence-corrected chi connectivity index (χ0v) is 10.4. The van der Waals surface area contributed by atoms with Crippen LogP contribution in [0.1, 0.15) is 10.4 Å².